The third kappa shape index (κ3) is 17.2. The summed E-state index contributed by atoms with van der Waals surface area (Å²) in [5.41, 5.74) is 6.11. The van der Waals surface area contributed by atoms with Crippen LogP contribution < -0.4 is 11.1 Å². The van der Waals surface area contributed by atoms with Crippen LogP contribution in [0.1, 0.15) is 109 Å². The molecule has 18 nitrogen and oxygen atoms in total. The summed E-state index contributed by atoms with van der Waals surface area (Å²) >= 11 is 1.15. The number of imidazole rings is 1. The van der Waals surface area contributed by atoms with Crippen LogP contribution in [0, 0.1) is 0 Å². The van der Waals surface area contributed by atoms with E-state index in [1.807, 2.05) is 0 Å². The molecule has 1 amide bonds. The number of hydrogen-bond acceptors (Lipinski definition) is 14. The largest absolute Gasteiger partial charge is 0.472 e. The number of nitrogens with two attached hydrogens (primary N) is 1. The second-order valence-electron chi connectivity index (χ2n) is 13.0. The van der Waals surface area contributed by atoms with Gasteiger partial charge in [-0.1, -0.05) is 82.2 Å². The second kappa shape index (κ2) is 24.4. The fourth-order valence-corrected chi connectivity index (χ4v) is 7.77. The number of nitrogens with zero attached hydrogens (tertiary/aromatic N) is 4. The number of phosphoric ester groups is 2. The third-order valence-electron chi connectivity index (χ3n) is 8.55. The number of rotatable bonds is 28. The fourth-order valence-electron chi connectivity index (χ4n) is 5.74. The van der Waals surface area contributed by atoms with E-state index in [-0.39, 0.29) is 35.1 Å². The Bertz CT molecular complexity index is 1560. The van der Waals surface area contributed by atoms with Gasteiger partial charge in [0.2, 0.25) is 5.91 Å². The Labute approximate surface area is 320 Å². The number of amides is 1. The molecule has 306 valence electrons. The first kappa shape index (κ1) is 46.1. The minimum absolute atomic E-state index is 0.0366. The molecule has 1 aliphatic heterocycles. The number of allylic oxidation sites excluding steroid dienone is 2. The van der Waals surface area contributed by atoms with Crippen molar-refractivity contribution in [3.05, 3.63) is 24.8 Å². The summed E-state index contributed by atoms with van der Waals surface area (Å²) < 4.78 is 45.6. The van der Waals surface area contributed by atoms with E-state index < -0.39 is 59.3 Å². The molecule has 5 atom stereocenters. The SMILES string of the molecule is CCCCCCCCC=CCCCCCCCC(=O)SCCNC(=O)CCOP(=O)(O)OCC1OC(n2cnc3c(N)ncnc32)C(O)C1OP(=O)(O)O. The van der Waals surface area contributed by atoms with Crippen molar-refractivity contribution in [3.8, 4) is 0 Å². The zero-order chi connectivity index (χ0) is 39.4. The maximum Gasteiger partial charge on any atom is 0.472 e. The number of aliphatic hydroxyl groups is 1. The molecule has 1 saturated heterocycles. The Kier molecular flexibility index (Phi) is 20.8. The van der Waals surface area contributed by atoms with Crippen LogP contribution >= 0.6 is 27.4 Å². The van der Waals surface area contributed by atoms with Crippen molar-refractivity contribution < 1.29 is 56.8 Å². The monoisotopic (exact) mass is 822 g/mol. The summed E-state index contributed by atoms with van der Waals surface area (Å²) in [5, 5.41) is 13.5. The van der Waals surface area contributed by atoms with Gasteiger partial charge in [-0.25, -0.2) is 24.1 Å². The summed E-state index contributed by atoms with van der Waals surface area (Å²) in [7, 11) is -9.97. The molecule has 1 aliphatic rings. The average Bonchev–Trinajstić information content (AvgIpc) is 3.68. The number of aliphatic hydroxyl groups excluding tert-OH is 1. The first-order valence-corrected chi connectivity index (χ1v) is 22.5. The molecule has 0 bridgehead atoms. The van der Waals surface area contributed by atoms with Crippen LogP contribution in [0.5, 0.6) is 0 Å². The first-order chi connectivity index (χ1) is 25.8. The van der Waals surface area contributed by atoms with E-state index in [9.17, 15) is 38.5 Å². The van der Waals surface area contributed by atoms with Crippen LogP contribution in [0.15, 0.2) is 24.8 Å². The van der Waals surface area contributed by atoms with Gasteiger partial charge >= 0.3 is 15.6 Å². The van der Waals surface area contributed by atoms with E-state index in [4.69, 9.17) is 24.0 Å². The minimum Gasteiger partial charge on any atom is -0.386 e. The van der Waals surface area contributed by atoms with Gasteiger partial charge in [0, 0.05) is 18.7 Å². The highest BCUT2D eigenvalue weighted by Crippen LogP contribution is 2.47. The minimum atomic E-state index is -5.17. The van der Waals surface area contributed by atoms with Crippen LogP contribution in [0.4, 0.5) is 5.82 Å². The molecule has 5 unspecified atom stereocenters. The van der Waals surface area contributed by atoms with E-state index in [0.29, 0.717) is 12.2 Å². The smallest absolute Gasteiger partial charge is 0.386 e. The topological polar surface area (TPSA) is 268 Å². The van der Waals surface area contributed by atoms with E-state index in [1.54, 1.807) is 0 Å². The van der Waals surface area contributed by atoms with Crippen LogP contribution in [0.2, 0.25) is 0 Å². The van der Waals surface area contributed by atoms with Crippen molar-refractivity contribution in [2.45, 2.75) is 128 Å². The summed E-state index contributed by atoms with van der Waals surface area (Å²) in [6, 6.07) is 0. The molecule has 21 heteroatoms. The molecule has 54 heavy (non-hydrogen) atoms. The maximum absolute atomic E-state index is 12.5. The number of thioether (sulfide) groups is 1. The van der Waals surface area contributed by atoms with Crippen molar-refractivity contribution in [3.63, 3.8) is 0 Å². The summed E-state index contributed by atoms with van der Waals surface area (Å²) in [4.78, 5) is 65.2. The van der Waals surface area contributed by atoms with Crippen molar-refractivity contribution in [2.24, 2.45) is 0 Å². The highest BCUT2D eigenvalue weighted by Gasteiger charge is 2.49. The predicted molar refractivity (Wildman–Crippen MR) is 203 cm³/mol. The van der Waals surface area contributed by atoms with Gasteiger partial charge in [0.15, 0.2) is 22.8 Å². The standard InChI is InChI=1S/C33H56N6O12P2S/c1-2-3-4-5-6-7-8-9-10-11-12-13-14-15-16-17-27(41)54-21-19-35-26(40)18-20-48-53(46,47)49-22-25-30(51-52(43,44)45)29(42)33(50-25)39-24-38-28-31(34)36-23-37-32(28)39/h9-10,23-25,29-30,33,42H,2-8,11-22H2,1H3,(H,35,40)(H,46,47)(H2,34,36,37)(H2,43,44,45). The van der Waals surface area contributed by atoms with Crippen molar-refractivity contribution >= 4 is 55.4 Å². The van der Waals surface area contributed by atoms with Gasteiger partial charge in [-0.3, -0.25) is 27.7 Å². The van der Waals surface area contributed by atoms with Gasteiger partial charge in [0.25, 0.3) is 0 Å². The quantitative estimate of drug-likeness (QED) is 0.0371. The molecule has 0 aliphatic carbocycles. The number of carbonyl (C=O) groups excluding carboxylic acids is 2. The summed E-state index contributed by atoms with van der Waals surface area (Å²) in [5.74, 6) is -0.0497. The molecule has 0 saturated carbocycles. The number of ether oxygens (including phenoxy) is 1. The normalized spacial score (nSPS) is 20.2. The van der Waals surface area contributed by atoms with Crippen LogP contribution in [-0.4, -0.2) is 94.2 Å². The number of phosphoric acid groups is 2. The first-order valence-electron chi connectivity index (χ1n) is 18.5. The van der Waals surface area contributed by atoms with E-state index >= 15 is 0 Å². The Morgan fingerprint density at radius 3 is 2.31 bits per heavy atom. The average molecular weight is 823 g/mol. The lowest BCUT2D eigenvalue weighted by molar-refractivity contribution is -0.121. The van der Waals surface area contributed by atoms with Gasteiger partial charge in [-0.05, 0) is 32.1 Å². The maximum atomic E-state index is 12.5. The summed E-state index contributed by atoms with van der Waals surface area (Å²) in [6.07, 6.45) is 16.4. The molecule has 0 spiro atoms. The predicted octanol–water partition coefficient (Wildman–Crippen LogP) is 5.08. The Morgan fingerprint density at radius 1 is 0.963 bits per heavy atom. The van der Waals surface area contributed by atoms with E-state index in [1.165, 1.54) is 62.3 Å². The van der Waals surface area contributed by atoms with Gasteiger partial charge in [-0.15, -0.1) is 0 Å². The van der Waals surface area contributed by atoms with Crippen LogP contribution in [-0.2, 0) is 37.0 Å². The molecule has 3 heterocycles. The van der Waals surface area contributed by atoms with Crippen LogP contribution in [0.25, 0.3) is 11.2 Å². The lowest BCUT2D eigenvalue weighted by atomic mass is 10.1. The number of anilines is 1. The van der Waals surface area contributed by atoms with Gasteiger partial charge in [0.05, 0.1) is 26.0 Å². The lowest BCUT2D eigenvalue weighted by Crippen LogP contribution is -2.35. The summed E-state index contributed by atoms with van der Waals surface area (Å²) in [6.45, 7) is 1.16. The zero-order valence-electron chi connectivity index (χ0n) is 30.8. The number of carbonyl (C=O) groups is 2. The number of nitrogens with one attached hydrogen (secondary N) is 1. The number of fused-ring (bicyclic) bond motifs is 1. The van der Waals surface area contributed by atoms with Crippen LogP contribution in [0.3, 0.4) is 0 Å². The molecule has 2 aromatic heterocycles. The van der Waals surface area contributed by atoms with Crippen molar-refractivity contribution in [1.82, 2.24) is 24.8 Å². The number of unbranched alkanes of at least 4 members (excludes halogenated alkanes) is 11. The van der Waals surface area contributed by atoms with E-state index in [0.717, 1.165) is 50.2 Å². The van der Waals surface area contributed by atoms with Crippen molar-refractivity contribution in [2.75, 3.05) is 31.2 Å². The highest BCUT2D eigenvalue weighted by atomic mass is 32.2. The fraction of sp³-hybridized carbons (Fsp3) is 0.727. The lowest BCUT2D eigenvalue weighted by Gasteiger charge is -2.21. The number of hydrogen-bond donors (Lipinski definition) is 6. The number of aromatic nitrogens is 4. The second-order valence-corrected chi connectivity index (χ2v) is 16.7. The molecule has 0 radical (unpaired) electrons. The number of nitrogen functional groups attached to an aromatic ring is 1. The molecular formula is C33H56N6O12P2S. The third-order valence-corrected chi connectivity index (χ3v) is 11.0. The Balaban J connectivity index is 1.25. The van der Waals surface area contributed by atoms with Gasteiger partial charge in [-0.2, -0.15) is 0 Å². The van der Waals surface area contributed by atoms with Gasteiger partial charge in [0.1, 0.15) is 30.2 Å². The molecular weight excluding hydrogens is 766 g/mol. The highest BCUT2D eigenvalue weighted by molar-refractivity contribution is 8.13. The van der Waals surface area contributed by atoms with E-state index in [2.05, 4.69) is 39.3 Å². The Morgan fingerprint density at radius 2 is 1.63 bits per heavy atom. The molecule has 2 aromatic rings. The molecule has 3 rings (SSSR count). The molecule has 0 aromatic carbocycles. The molecule has 7 N–H and O–H groups in total. The zero-order valence-corrected chi connectivity index (χ0v) is 33.4. The molecule has 1 fully saturated rings. The Hall–Kier alpha value is -2.28. The van der Waals surface area contributed by atoms with Gasteiger partial charge < -0.3 is 35.6 Å². The van der Waals surface area contributed by atoms with Crippen molar-refractivity contribution in [1.29, 1.82) is 0 Å².